The van der Waals surface area contributed by atoms with Crippen molar-refractivity contribution < 1.29 is 9.59 Å². The SMILES string of the molecule is NC(=O)C1CC(=O)N(c2cccc3c2CCCC3)C1. The Bertz CT molecular complexity index is 539. The lowest BCUT2D eigenvalue weighted by atomic mass is 9.90. The van der Waals surface area contributed by atoms with Crippen molar-refractivity contribution in [1.82, 2.24) is 0 Å². The number of anilines is 1. The fraction of sp³-hybridized carbons (Fsp3) is 0.467. The highest BCUT2D eigenvalue weighted by molar-refractivity contribution is 6.00. The quantitative estimate of drug-likeness (QED) is 0.871. The van der Waals surface area contributed by atoms with Gasteiger partial charge in [-0.25, -0.2) is 0 Å². The van der Waals surface area contributed by atoms with Gasteiger partial charge in [0.25, 0.3) is 0 Å². The minimum Gasteiger partial charge on any atom is -0.369 e. The van der Waals surface area contributed by atoms with E-state index in [2.05, 4.69) is 6.07 Å². The number of primary amides is 1. The number of aryl methyl sites for hydroxylation is 1. The Morgan fingerprint density at radius 1 is 1.26 bits per heavy atom. The fourth-order valence-corrected chi connectivity index (χ4v) is 3.15. The number of rotatable bonds is 2. The molecule has 0 aromatic heterocycles. The minimum atomic E-state index is -0.374. The van der Waals surface area contributed by atoms with E-state index in [9.17, 15) is 9.59 Å². The van der Waals surface area contributed by atoms with E-state index in [4.69, 9.17) is 5.73 Å². The molecule has 4 nitrogen and oxygen atoms in total. The average molecular weight is 258 g/mol. The van der Waals surface area contributed by atoms with Gasteiger partial charge in [-0.1, -0.05) is 12.1 Å². The summed E-state index contributed by atoms with van der Waals surface area (Å²) < 4.78 is 0. The Morgan fingerprint density at radius 2 is 2.05 bits per heavy atom. The van der Waals surface area contributed by atoms with Crippen molar-refractivity contribution >= 4 is 17.5 Å². The van der Waals surface area contributed by atoms with E-state index in [1.165, 1.54) is 24.0 Å². The molecule has 1 fully saturated rings. The van der Waals surface area contributed by atoms with E-state index >= 15 is 0 Å². The van der Waals surface area contributed by atoms with Crippen LogP contribution in [0.25, 0.3) is 0 Å². The summed E-state index contributed by atoms with van der Waals surface area (Å²) in [7, 11) is 0. The molecule has 0 spiro atoms. The Morgan fingerprint density at radius 3 is 2.79 bits per heavy atom. The van der Waals surface area contributed by atoms with Gasteiger partial charge in [0.1, 0.15) is 0 Å². The third-order valence-corrected chi connectivity index (χ3v) is 4.19. The first kappa shape index (κ1) is 12.2. The van der Waals surface area contributed by atoms with E-state index in [0.29, 0.717) is 6.54 Å². The molecule has 1 aliphatic heterocycles. The number of benzene rings is 1. The molecule has 3 rings (SSSR count). The van der Waals surface area contributed by atoms with Crippen LogP contribution in [0.1, 0.15) is 30.4 Å². The molecule has 2 amide bonds. The van der Waals surface area contributed by atoms with Crippen LogP contribution in [0.2, 0.25) is 0 Å². The first-order valence-corrected chi connectivity index (χ1v) is 6.87. The summed E-state index contributed by atoms with van der Waals surface area (Å²) in [6.07, 6.45) is 4.75. The number of hydrogen-bond donors (Lipinski definition) is 1. The molecule has 4 heteroatoms. The summed E-state index contributed by atoms with van der Waals surface area (Å²) in [4.78, 5) is 25.1. The standard InChI is InChI=1S/C15H18N2O2/c16-15(19)11-8-14(18)17(9-11)13-7-3-5-10-4-1-2-6-12(10)13/h3,5,7,11H,1-2,4,6,8-9H2,(H2,16,19). The number of hydrogen-bond acceptors (Lipinski definition) is 2. The lowest BCUT2D eigenvalue weighted by Gasteiger charge is -2.25. The number of fused-ring (bicyclic) bond motifs is 1. The van der Waals surface area contributed by atoms with Crippen molar-refractivity contribution in [2.45, 2.75) is 32.1 Å². The summed E-state index contributed by atoms with van der Waals surface area (Å²) in [6.45, 7) is 0.435. The largest absolute Gasteiger partial charge is 0.369 e. The number of carbonyl (C=O) groups excluding carboxylic acids is 2. The third-order valence-electron chi connectivity index (χ3n) is 4.19. The molecular weight excluding hydrogens is 240 g/mol. The van der Waals surface area contributed by atoms with Gasteiger partial charge in [0, 0.05) is 18.7 Å². The number of nitrogens with two attached hydrogens (primary N) is 1. The lowest BCUT2D eigenvalue weighted by Crippen LogP contribution is -2.29. The maximum absolute atomic E-state index is 12.1. The van der Waals surface area contributed by atoms with Crippen molar-refractivity contribution in [3.05, 3.63) is 29.3 Å². The normalized spacial score (nSPS) is 22.4. The predicted octanol–water partition coefficient (Wildman–Crippen LogP) is 1.40. The Balaban J connectivity index is 1.95. The highest BCUT2D eigenvalue weighted by atomic mass is 16.2. The van der Waals surface area contributed by atoms with Crippen LogP contribution in [0.4, 0.5) is 5.69 Å². The van der Waals surface area contributed by atoms with E-state index < -0.39 is 0 Å². The molecule has 1 saturated heterocycles. The van der Waals surface area contributed by atoms with Crippen molar-refractivity contribution in [2.24, 2.45) is 11.7 Å². The minimum absolute atomic E-state index is 0.0165. The fourth-order valence-electron chi connectivity index (χ4n) is 3.15. The van der Waals surface area contributed by atoms with Crippen LogP contribution in [0.15, 0.2) is 18.2 Å². The molecule has 1 aromatic rings. The summed E-state index contributed by atoms with van der Waals surface area (Å²) in [6, 6.07) is 6.14. The molecule has 2 N–H and O–H groups in total. The van der Waals surface area contributed by atoms with Crippen molar-refractivity contribution in [3.63, 3.8) is 0 Å². The third kappa shape index (κ3) is 2.11. The van der Waals surface area contributed by atoms with Gasteiger partial charge in [-0.05, 0) is 42.9 Å². The first-order chi connectivity index (χ1) is 9.16. The topological polar surface area (TPSA) is 63.4 Å². The zero-order valence-corrected chi connectivity index (χ0v) is 10.9. The van der Waals surface area contributed by atoms with Crippen LogP contribution in [0.5, 0.6) is 0 Å². The first-order valence-electron chi connectivity index (χ1n) is 6.87. The van der Waals surface area contributed by atoms with E-state index in [0.717, 1.165) is 18.5 Å². The summed E-state index contributed by atoms with van der Waals surface area (Å²) in [5, 5.41) is 0. The van der Waals surface area contributed by atoms with Gasteiger partial charge in [-0.2, -0.15) is 0 Å². The molecule has 1 aromatic carbocycles. The lowest BCUT2D eigenvalue weighted by molar-refractivity contribution is -0.123. The molecule has 0 bridgehead atoms. The molecule has 0 radical (unpaired) electrons. The number of amides is 2. The zero-order valence-electron chi connectivity index (χ0n) is 10.9. The Labute approximate surface area is 112 Å². The number of nitrogens with zero attached hydrogens (tertiary/aromatic N) is 1. The Kier molecular flexibility index (Phi) is 3.01. The van der Waals surface area contributed by atoms with Crippen molar-refractivity contribution in [1.29, 1.82) is 0 Å². The number of carbonyl (C=O) groups is 2. The van der Waals surface area contributed by atoms with Crippen molar-refractivity contribution in [2.75, 3.05) is 11.4 Å². The molecular formula is C15H18N2O2. The van der Waals surface area contributed by atoms with Crippen LogP contribution < -0.4 is 10.6 Å². The van der Waals surface area contributed by atoms with E-state index in [1.807, 2.05) is 12.1 Å². The second kappa shape index (κ2) is 4.68. The van der Waals surface area contributed by atoms with Crippen LogP contribution >= 0.6 is 0 Å². The van der Waals surface area contributed by atoms with Crippen LogP contribution in [-0.4, -0.2) is 18.4 Å². The van der Waals surface area contributed by atoms with Gasteiger partial charge in [-0.15, -0.1) is 0 Å². The Hall–Kier alpha value is -1.84. The predicted molar refractivity (Wildman–Crippen MR) is 72.7 cm³/mol. The monoisotopic (exact) mass is 258 g/mol. The van der Waals surface area contributed by atoms with Crippen LogP contribution in [0.3, 0.4) is 0 Å². The zero-order chi connectivity index (χ0) is 13.4. The molecule has 0 saturated carbocycles. The maximum atomic E-state index is 12.1. The van der Waals surface area contributed by atoms with Gasteiger partial charge >= 0.3 is 0 Å². The molecule has 1 aliphatic carbocycles. The average Bonchev–Trinajstić information content (AvgIpc) is 2.80. The molecule has 1 heterocycles. The van der Waals surface area contributed by atoms with Gasteiger partial charge in [0.05, 0.1) is 5.92 Å². The molecule has 19 heavy (non-hydrogen) atoms. The smallest absolute Gasteiger partial charge is 0.227 e. The van der Waals surface area contributed by atoms with Gasteiger partial charge in [0.15, 0.2) is 0 Å². The highest BCUT2D eigenvalue weighted by Crippen LogP contribution is 2.33. The van der Waals surface area contributed by atoms with Gasteiger partial charge in [0.2, 0.25) is 11.8 Å². The van der Waals surface area contributed by atoms with Crippen LogP contribution in [0, 0.1) is 5.92 Å². The van der Waals surface area contributed by atoms with E-state index in [-0.39, 0.29) is 24.2 Å². The second-order valence-electron chi connectivity index (χ2n) is 5.43. The van der Waals surface area contributed by atoms with Gasteiger partial charge < -0.3 is 10.6 Å². The molecule has 1 atom stereocenters. The molecule has 1 unspecified atom stereocenters. The molecule has 2 aliphatic rings. The second-order valence-corrected chi connectivity index (χ2v) is 5.43. The summed E-state index contributed by atoms with van der Waals surface area (Å²) in [5.41, 5.74) is 8.94. The maximum Gasteiger partial charge on any atom is 0.227 e. The summed E-state index contributed by atoms with van der Waals surface area (Å²) >= 11 is 0. The van der Waals surface area contributed by atoms with Gasteiger partial charge in [-0.3, -0.25) is 9.59 Å². The van der Waals surface area contributed by atoms with Crippen molar-refractivity contribution in [3.8, 4) is 0 Å². The summed E-state index contributed by atoms with van der Waals surface area (Å²) in [5.74, 6) is -0.699. The molecule has 100 valence electrons. The van der Waals surface area contributed by atoms with Crippen LogP contribution in [-0.2, 0) is 22.4 Å². The highest BCUT2D eigenvalue weighted by Gasteiger charge is 2.35. The van der Waals surface area contributed by atoms with E-state index in [1.54, 1.807) is 4.90 Å².